The Morgan fingerprint density at radius 2 is 2.05 bits per heavy atom. The van der Waals surface area contributed by atoms with Crippen molar-refractivity contribution in [3.8, 4) is 0 Å². The van der Waals surface area contributed by atoms with Crippen molar-refractivity contribution < 1.29 is 4.79 Å². The van der Waals surface area contributed by atoms with Gasteiger partial charge >= 0.3 is 0 Å². The molecule has 1 aromatic carbocycles. The molecule has 0 aliphatic rings. The summed E-state index contributed by atoms with van der Waals surface area (Å²) in [6.45, 7) is 3.45. The van der Waals surface area contributed by atoms with Gasteiger partial charge in [0, 0.05) is 30.6 Å². The minimum atomic E-state index is 0.0395. The number of rotatable bonds is 6. The number of nitrogens with zero attached hydrogens (tertiary/aromatic N) is 2. The molecule has 0 saturated heterocycles. The predicted molar refractivity (Wildman–Crippen MR) is 83.3 cm³/mol. The number of fused-ring (bicyclic) bond motifs is 1. The van der Waals surface area contributed by atoms with Gasteiger partial charge in [0.25, 0.3) is 5.91 Å². The number of carbonyl (C=O) groups is 1. The van der Waals surface area contributed by atoms with Gasteiger partial charge in [0.15, 0.2) is 0 Å². The first-order chi connectivity index (χ1) is 9.77. The number of amides is 1. The van der Waals surface area contributed by atoms with Gasteiger partial charge in [0.1, 0.15) is 0 Å². The van der Waals surface area contributed by atoms with Gasteiger partial charge < -0.3 is 4.90 Å². The fraction of sp³-hybridized carbons (Fsp3) is 0.375. The average Bonchev–Trinajstić information content (AvgIpc) is 2.50. The Morgan fingerprint density at radius 1 is 1.25 bits per heavy atom. The van der Waals surface area contributed by atoms with Crippen LogP contribution in [0, 0.1) is 0 Å². The molecule has 1 heterocycles. The number of unbranched alkanes of at least 4 members (excludes halogenated alkanes) is 1. The third kappa shape index (κ3) is 3.28. The minimum absolute atomic E-state index is 0.0395. The first-order valence-electron chi connectivity index (χ1n) is 6.97. The van der Waals surface area contributed by atoms with Gasteiger partial charge in [0.05, 0.1) is 11.1 Å². The molecule has 0 unspecified atom stereocenters. The molecule has 0 fully saturated rings. The summed E-state index contributed by atoms with van der Waals surface area (Å²) < 4.78 is 0. The molecule has 0 N–H and O–H groups in total. The van der Waals surface area contributed by atoms with Gasteiger partial charge in [-0.15, -0.1) is 11.6 Å². The quantitative estimate of drug-likeness (QED) is 0.760. The van der Waals surface area contributed by atoms with Crippen LogP contribution >= 0.6 is 11.6 Å². The molecule has 0 aliphatic carbocycles. The lowest BCUT2D eigenvalue weighted by Gasteiger charge is -2.22. The van der Waals surface area contributed by atoms with Crippen LogP contribution < -0.4 is 0 Å². The summed E-state index contributed by atoms with van der Waals surface area (Å²) in [5.74, 6) is 0.496. The highest BCUT2D eigenvalue weighted by atomic mass is 35.5. The second kappa shape index (κ2) is 7.25. The van der Waals surface area contributed by atoms with Gasteiger partial charge in [0.2, 0.25) is 0 Å². The number of alkyl halides is 1. The van der Waals surface area contributed by atoms with Crippen LogP contribution in [0.25, 0.3) is 10.9 Å². The fourth-order valence-corrected chi connectivity index (χ4v) is 2.42. The highest BCUT2D eigenvalue weighted by molar-refractivity contribution is 6.18. The van der Waals surface area contributed by atoms with Crippen LogP contribution in [-0.2, 0) is 0 Å². The van der Waals surface area contributed by atoms with Gasteiger partial charge in [-0.05, 0) is 18.6 Å². The van der Waals surface area contributed by atoms with Crippen molar-refractivity contribution in [3.63, 3.8) is 0 Å². The zero-order valence-corrected chi connectivity index (χ0v) is 12.4. The largest absolute Gasteiger partial charge is 0.337 e. The molecule has 4 heteroatoms. The molecule has 20 heavy (non-hydrogen) atoms. The van der Waals surface area contributed by atoms with Gasteiger partial charge in [-0.2, -0.15) is 0 Å². The maximum Gasteiger partial charge on any atom is 0.254 e. The van der Waals surface area contributed by atoms with Crippen LogP contribution in [0.2, 0.25) is 0 Å². The number of para-hydroxylation sites is 1. The van der Waals surface area contributed by atoms with Crippen LogP contribution in [-0.4, -0.2) is 34.8 Å². The molecule has 2 rings (SSSR count). The minimum Gasteiger partial charge on any atom is -0.337 e. The summed E-state index contributed by atoms with van der Waals surface area (Å²) in [5, 5.41) is 0.899. The molecule has 0 bridgehead atoms. The molecule has 0 atom stereocenters. The molecule has 0 saturated carbocycles. The molecule has 0 radical (unpaired) electrons. The number of hydrogen-bond acceptors (Lipinski definition) is 2. The molecule has 1 aromatic heterocycles. The number of pyridine rings is 1. The van der Waals surface area contributed by atoms with Crippen molar-refractivity contribution in [1.29, 1.82) is 0 Å². The summed E-state index contributed by atoms with van der Waals surface area (Å²) in [5.41, 5.74) is 1.55. The first kappa shape index (κ1) is 14.8. The van der Waals surface area contributed by atoms with Gasteiger partial charge in [-0.25, -0.2) is 0 Å². The van der Waals surface area contributed by atoms with Crippen molar-refractivity contribution in [2.24, 2.45) is 0 Å². The van der Waals surface area contributed by atoms with E-state index in [1.807, 2.05) is 29.2 Å². The van der Waals surface area contributed by atoms with Crippen molar-refractivity contribution in [2.45, 2.75) is 19.8 Å². The average molecular weight is 291 g/mol. The smallest absolute Gasteiger partial charge is 0.254 e. The first-order valence-corrected chi connectivity index (χ1v) is 7.50. The number of carbonyl (C=O) groups excluding carboxylic acids is 1. The predicted octanol–water partition coefficient (Wildman–Crippen LogP) is 3.72. The molecular formula is C16H19ClN2O. The normalized spacial score (nSPS) is 10.7. The maximum absolute atomic E-state index is 12.7. The maximum atomic E-state index is 12.7. The highest BCUT2D eigenvalue weighted by Gasteiger charge is 2.17. The molecule has 1 amide bonds. The number of hydrogen-bond donors (Lipinski definition) is 0. The summed E-state index contributed by atoms with van der Waals surface area (Å²) in [7, 11) is 0. The number of halogens is 1. The fourth-order valence-electron chi connectivity index (χ4n) is 2.22. The van der Waals surface area contributed by atoms with Crippen molar-refractivity contribution >= 4 is 28.4 Å². The Hall–Kier alpha value is -1.61. The Balaban J connectivity index is 2.33. The van der Waals surface area contributed by atoms with E-state index in [4.69, 9.17) is 11.6 Å². The second-order valence-electron chi connectivity index (χ2n) is 4.71. The number of aromatic nitrogens is 1. The third-order valence-electron chi connectivity index (χ3n) is 3.30. The molecule has 3 nitrogen and oxygen atoms in total. The molecule has 0 aliphatic heterocycles. The summed E-state index contributed by atoms with van der Waals surface area (Å²) in [6.07, 6.45) is 3.74. The molecule has 0 spiro atoms. The van der Waals surface area contributed by atoms with E-state index >= 15 is 0 Å². The lowest BCUT2D eigenvalue weighted by molar-refractivity contribution is 0.0765. The number of benzene rings is 1. The monoisotopic (exact) mass is 290 g/mol. The highest BCUT2D eigenvalue weighted by Crippen LogP contribution is 2.18. The van der Waals surface area contributed by atoms with E-state index in [1.54, 1.807) is 12.3 Å². The zero-order chi connectivity index (χ0) is 14.4. The zero-order valence-electron chi connectivity index (χ0n) is 11.7. The van der Waals surface area contributed by atoms with Crippen molar-refractivity contribution in [3.05, 3.63) is 42.1 Å². The molecular weight excluding hydrogens is 272 g/mol. The topological polar surface area (TPSA) is 33.2 Å². The van der Waals surface area contributed by atoms with Crippen molar-refractivity contribution in [1.82, 2.24) is 9.88 Å². The van der Waals surface area contributed by atoms with Crippen LogP contribution in [0.4, 0.5) is 0 Å². The second-order valence-corrected chi connectivity index (χ2v) is 5.09. The van der Waals surface area contributed by atoms with E-state index in [2.05, 4.69) is 11.9 Å². The SMILES string of the molecule is CCCCN(CCCl)C(=O)c1ccnc2ccccc12. The van der Waals surface area contributed by atoms with Gasteiger partial charge in [-0.3, -0.25) is 9.78 Å². The van der Waals surface area contributed by atoms with E-state index in [0.29, 0.717) is 18.0 Å². The van der Waals surface area contributed by atoms with Crippen LogP contribution in [0.15, 0.2) is 36.5 Å². The van der Waals surface area contributed by atoms with Crippen LogP contribution in [0.1, 0.15) is 30.1 Å². The lowest BCUT2D eigenvalue weighted by atomic mass is 10.1. The van der Waals surface area contributed by atoms with Crippen LogP contribution in [0.5, 0.6) is 0 Å². The van der Waals surface area contributed by atoms with Crippen LogP contribution in [0.3, 0.4) is 0 Å². The Kier molecular flexibility index (Phi) is 5.36. The van der Waals surface area contributed by atoms with Gasteiger partial charge in [-0.1, -0.05) is 31.5 Å². The summed E-state index contributed by atoms with van der Waals surface area (Å²) in [6, 6.07) is 9.51. The molecule has 2 aromatic rings. The molecule has 106 valence electrons. The van der Waals surface area contributed by atoms with E-state index in [9.17, 15) is 4.79 Å². The lowest BCUT2D eigenvalue weighted by Crippen LogP contribution is -2.33. The van der Waals surface area contributed by atoms with E-state index in [0.717, 1.165) is 30.3 Å². The third-order valence-corrected chi connectivity index (χ3v) is 3.47. The van der Waals surface area contributed by atoms with E-state index < -0.39 is 0 Å². The Morgan fingerprint density at radius 3 is 2.80 bits per heavy atom. The van der Waals surface area contributed by atoms with E-state index in [1.165, 1.54) is 0 Å². The Bertz CT molecular complexity index is 580. The summed E-state index contributed by atoms with van der Waals surface area (Å²) in [4.78, 5) is 18.8. The summed E-state index contributed by atoms with van der Waals surface area (Å²) >= 11 is 5.82. The van der Waals surface area contributed by atoms with Crippen molar-refractivity contribution in [2.75, 3.05) is 19.0 Å². The van der Waals surface area contributed by atoms with E-state index in [-0.39, 0.29) is 5.91 Å². The standard InChI is InChI=1S/C16H19ClN2O/c1-2-3-11-19(12-9-17)16(20)14-8-10-18-15-7-5-4-6-13(14)15/h4-8,10H,2-3,9,11-12H2,1H3. The Labute approximate surface area is 124 Å².